The molecule has 4 rings (SSSR count). The fourth-order valence-electron chi connectivity index (χ4n) is 6.86. The highest BCUT2D eigenvalue weighted by Gasteiger charge is 2.55. The molecule has 0 aromatic carbocycles. The van der Waals surface area contributed by atoms with Crippen LogP contribution in [0, 0.1) is 35.0 Å². The van der Waals surface area contributed by atoms with Crippen molar-refractivity contribution in [2.75, 3.05) is 0 Å². The van der Waals surface area contributed by atoms with Gasteiger partial charge in [0.15, 0.2) is 0 Å². The van der Waals surface area contributed by atoms with Gasteiger partial charge in [0, 0.05) is 12.3 Å². The zero-order valence-electron chi connectivity index (χ0n) is 13.4. The van der Waals surface area contributed by atoms with E-state index in [0.29, 0.717) is 23.0 Å². The van der Waals surface area contributed by atoms with Crippen LogP contribution in [0.4, 0.5) is 0 Å². The van der Waals surface area contributed by atoms with Crippen molar-refractivity contribution in [3.05, 3.63) is 0 Å². The summed E-state index contributed by atoms with van der Waals surface area (Å²) in [5, 5.41) is 10.0. The predicted molar refractivity (Wildman–Crippen MR) is 82.7 cm³/mol. The van der Waals surface area contributed by atoms with Crippen LogP contribution < -0.4 is 0 Å². The molecule has 4 aliphatic carbocycles. The molecule has 0 aliphatic heterocycles. The molecule has 0 aromatic rings. The molecule has 7 atom stereocenters. The third-order valence-electron chi connectivity index (χ3n) is 7.95. The molecule has 21 heavy (non-hydrogen) atoms. The van der Waals surface area contributed by atoms with Gasteiger partial charge in [-0.25, -0.2) is 0 Å². The predicted octanol–water partition coefficient (Wildman–Crippen LogP) is 3.96. The first-order chi connectivity index (χ1) is 10.1. The number of hydrogen-bond acceptors (Lipinski definition) is 2. The lowest BCUT2D eigenvalue weighted by molar-refractivity contribution is -0.142. The summed E-state index contributed by atoms with van der Waals surface area (Å²) < 4.78 is 0. The van der Waals surface area contributed by atoms with Crippen molar-refractivity contribution in [2.45, 2.75) is 77.2 Å². The van der Waals surface area contributed by atoms with Crippen LogP contribution in [0.5, 0.6) is 0 Å². The monoisotopic (exact) mass is 290 g/mol. The first kappa shape index (κ1) is 14.2. The minimum absolute atomic E-state index is 0.0489. The maximum atomic E-state index is 12.3. The third kappa shape index (κ3) is 2.12. The molecule has 7 unspecified atom stereocenters. The number of hydrogen-bond donors (Lipinski definition) is 1. The Morgan fingerprint density at radius 1 is 1.05 bits per heavy atom. The van der Waals surface area contributed by atoms with E-state index < -0.39 is 0 Å². The highest BCUT2D eigenvalue weighted by atomic mass is 16.3. The lowest BCUT2D eigenvalue weighted by atomic mass is 9.45. The normalized spacial score (nSPS) is 53.5. The second-order valence-corrected chi connectivity index (χ2v) is 8.68. The third-order valence-corrected chi connectivity index (χ3v) is 7.95. The Morgan fingerprint density at radius 2 is 1.90 bits per heavy atom. The van der Waals surface area contributed by atoms with Gasteiger partial charge in [-0.05, 0) is 86.9 Å². The van der Waals surface area contributed by atoms with E-state index in [2.05, 4.69) is 6.92 Å². The smallest absolute Gasteiger partial charge is 0.136 e. The van der Waals surface area contributed by atoms with Crippen LogP contribution in [0.3, 0.4) is 0 Å². The molecule has 0 heterocycles. The number of carbonyl (C=O) groups excluding carboxylic acids is 1. The maximum absolute atomic E-state index is 12.3. The Hall–Kier alpha value is -0.370. The summed E-state index contributed by atoms with van der Waals surface area (Å²) >= 11 is 0. The van der Waals surface area contributed by atoms with Gasteiger partial charge >= 0.3 is 0 Å². The molecule has 0 aromatic heterocycles. The van der Waals surface area contributed by atoms with Crippen LogP contribution in [0.1, 0.15) is 71.1 Å². The van der Waals surface area contributed by atoms with Gasteiger partial charge in [-0.2, -0.15) is 0 Å². The maximum Gasteiger partial charge on any atom is 0.136 e. The summed E-state index contributed by atoms with van der Waals surface area (Å²) in [4.78, 5) is 12.3. The Balaban J connectivity index is 1.60. The Morgan fingerprint density at radius 3 is 2.76 bits per heavy atom. The molecule has 4 fully saturated rings. The van der Waals surface area contributed by atoms with Gasteiger partial charge in [0.05, 0.1) is 6.10 Å². The van der Waals surface area contributed by atoms with Gasteiger partial charge in [0.25, 0.3) is 0 Å². The summed E-state index contributed by atoms with van der Waals surface area (Å²) in [5.74, 6) is 4.07. The van der Waals surface area contributed by atoms with E-state index in [-0.39, 0.29) is 6.10 Å². The molecule has 0 radical (unpaired) electrons. The lowest BCUT2D eigenvalue weighted by Crippen LogP contribution is -2.53. The summed E-state index contributed by atoms with van der Waals surface area (Å²) in [6, 6.07) is 0. The van der Waals surface area contributed by atoms with Gasteiger partial charge in [0.1, 0.15) is 5.78 Å². The molecule has 4 aliphatic rings. The molecular weight excluding hydrogens is 260 g/mol. The molecule has 1 N–H and O–H groups in total. The average molecular weight is 290 g/mol. The van der Waals surface area contributed by atoms with Crippen molar-refractivity contribution in [3.8, 4) is 0 Å². The fourth-order valence-corrected chi connectivity index (χ4v) is 6.86. The molecule has 0 bridgehead atoms. The van der Waals surface area contributed by atoms with Gasteiger partial charge < -0.3 is 5.11 Å². The Labute approximate surface area is 128 Å². The van der Waals surface area contributed by atoms with Crippen molar-refractivity contribution < 1.29 is 9.90 Å². The number of aliphatic hydroxyl groups is 1. The zero-order valence-corrected chi connectivity index (χ0v) is 13.4. The van der Waals surface area contributed by atoms with Crippen LogP contribution in [0.15, 0.2) is 0 Å². The molecule has 0 saturated heterocycles. The standard InChI is InChI=1S/C19H30O2/c1-19-10-9-13(20)11-12(19)5-6-15-14-3-2-4-18(21)16(14)7-8-17(15)19/h12-17,20H,2-11H2,1H3. The molecule has 0 amide bonds. The van der Waals surface area contributed by atoms with Crippen molar-refractivity contribution in [3.63, 3.8) is 0 Å². The molecule has 2 heteroatoms. The quantitative estimate of drug-likeness (QED) is 0.733. The number of Topliss-reactive ketones (excluding diaryl/α,β-unsaturated/α-hetero) is 1. The SMILES string of the molecule is CC12CCC(O)CC1CCC1C3CCCC(=O)C3CCC12. The van der Waals surface area contributed by atoms with Crippen molar-refractivity contribution in [2.24, 2.45) is 35.0 Å². The highest BCUT2D eigenvalue weighted by molar-refractivity contribution is 5.82. The number of aliphatic hydroxyl groups excluding tert-OH is 1. The minimum atomic E-state index is -0.0489. The molecule has 4 saturated carbocycles. The number of rotatable bonds is 0. The van der Waals surface area contributed by atoms with E-state index >= 15 is 0 Å². The summed E-state index contributed by atoms with van der Waals surface area (Å²) in [7, 11) is 0. The van der Waals surface area contributed by atoms with Gasteiger partial charge in [-0.1, -0.05) is 6.92 Å². The first-order valence-electron chi connectivity index (χ1n) is 9.30. The zero-order chi connectivity index (χ0) is 14.6. The lowest BCUT2D eigenvalue weighted by Gasteiger charge is -2.59. The highest BCUT2D eigenvalue weighted by Crippen LogP contribution is 2.62. The first-order valence-corrected chi connectivity index (χ1v) is 9.30. The van der Waals surface area contributed by atoms with E-state index in [1.807, 2.05) is 0 Å². The molecule has 0 spiro atoms. The van der Waals surface area contributed by atoms with Gasteiger partial charge in [-0.3, -0.25) is 4.79 Å². The molecule has 118 valence electrons. The largest absolute Gasteiger partial charge is 0.393 e. The van der Waals surface area contributed by atoms with Gasteiger partial charge in [-0.15, -0.1) is 0 Å². The van der Waals surface area contributed by atoms with E-state index in [0.717, 1.165) is 49.9 Å². The van der Waals surface area contributed by atoms with E-state index in [9.17, 15) is 9.90 Å². The second-order valence-electron chi connectivity index (χ2n) is 8.68. The van der Waals surface area contributed by atoms with Gasteiger partial charge in [0.2, 0.25) is 0 Å². The average Bonchev–Trinajstić information content (AvgIpc) is 2.48. The summed E-state index contributed by atoms with van der Waals surface area (Å²) in [6.45, 7) is 2.52. The van der Waals surface area contributed by atoms with E-state index in [1.165, 1.54) is 32.1 Å². The van der Waals surface area contributed by atoms with Crippen LogP contribution in [0.25, 0.3) is 0 Å². The Bertz CT molecular complexity index is 431. The van der Waals surface area contributed by atoms with Crippen LogP contribution in [-0.2, 0) is 4.79 Å². The molecular formula is C19H30O2. The van der Waals surface area contributed by atoms with E-state index in [1.54, 1.807) is 0 Å². The van der Waals surface area contributed by atoms with Crippen molar-refractivity contribution in [1.29, 1.82) is 0 Å². The Kier molecular flexibility index (Phi) is 3.44. The minimum Gasteiger partial charge on any atom is -0.393 e. The number of carbonyl (C=O) groups is 1. The van der Waals surface area contributed by atoms with Crippen LogP contribution in [0.2, 0.25) is 0 Å². The number of fused-ring (bicyclic) bond motifs is 5. The van der Waals surface area contributed by atoms with E-state index in [4.69, 9.17) is 0 Å². The van der Waals surface area contributed by atoms with Crippen molar-refractivity contribution in [1.82, 2.24) is 0 Å². The number of ketones is 1. The topological polar surface area (TPSA) is 37.3 Å². The second kappa shape index (κ2) is 5.08. The summed E-state index contributed by atoms with van der Waals surface area (Å²) in [5.41, 5.74) is 0.452. The summed E-state index contributed by atoms with van der Waals surface area (Å²) in [6.07, 6.45) is 11.6. The van der Waals surface area contributed by atoms with Crippen LogP contribution in [-0.4, -0.2) is 17.0 Å². The fraction of sp³-hybridized carbons (Fsp3) is 0.947. The van der Waals surface area contributed by atoms with Crippen molar-refractivity contribution >= 4 is 5.78 Å². The molecule has 2 nitrogen and oxygen atoms in total. The van der Waals surface area contributed by atoms with Crippen LogP contribution >= 0.6 is 0 Å².